The maximum Gasteiger partial charge on any atom is 0.422 e. The highest BCUT2D eigenvalue weighted by Gasteiger charge is 2.19. The summed E-state index contributed by atoms with van der Waals surface area (Å²) in [5, 5.41) is 20.1. The highest BCUT2D eigenvalue weighted by Crippen LogP contribution is 2.28. The zero-order valence-corrected chi connectivity index (χ0v) is 11.9. The maximum absolute atomic E-state index is 11.6. The zero-order valence-electron chi connectivity index (χ0n) is 11.1. The van der Waals surface area contributed by atoms with Gasteiger partial charge >= 0.3 is 16.3 Å². The van der Waals surface area contributed by atoms with Gasteiger partial charge < -0.3 is 9.84 Å². The van der Waals surface area contributed by atoms with E-state index < -0.39 is 44.5 Å². The number of aromatic hydroxyl groups is 1. The second-order valence-electron chi connectivity index (χ2n) is 4.12. The number of rotatable bonds is 5. The highest BCUT2D eigenvalue weighted by molar-refractivity contribution is 7.91. The summed E-state index contributed by atoms with van der Waals surface area (Å²) in [4.78, 5) is 21.0. The summed E-state index contributed by atoms with van der Waals surface area (Å²) in [5.41, 5.74) is -0.885. The van der Waals surface area contributed by atoms with E-state index in [-0.39, 0.29) is 0 Å². The van der Waals surface area contributed by atoms with Gasteiger partial charge in [-0.3, -0.25) is 14.8 Å². The summed E-state index contributed by atoms with van der Waals surface area (Å²) < 4.78 is 31.1. The molecular weight excluding hydrogens is 306 g/mol. The molecule has 0 atom stereocenters. The minimum absolute atomic E-state index is 0.435. The van der Waals surface area contributed by atoms with E-state index in [4.69, 9.17) is 0 Å². The maximum atomic E-state index is 11.6. The lowest BCUT2D eigenvalue weighted by Crippen LogP contribution is -2.36. The van der Waals surface area contributed by atoms with Crippen molar-refractivity contribution in [2.75, 3.05) is 4.72 Å². The average Bonchev–Trinajstić information content (AvgIpc) is 2.29. The van der Waals surface area contributed by atoms with E-state index in [1.165, 1.54) is 18.6 Å². The predicted molar refractivity (Wildman–Crippen MR) is 72.1 cm³/mol. The number of nitro groups is 1. The van der Waals surface area contributed by atoms with Gasteiger partial charge in [0.25, 0.3) is 5.69 Å². The summed E-state index contributed by atoms with van der Waals surface area (Å²) in [6.07, 6.45) is -1.76. The van der Waals surface area contributed by atoms with Gasteiger partial charge in [-0.15, -0.1) is 0 Å². The third-order valence-electron chi connectivity index (χ3n) is 2.00. The molecule has 0 bridgehead atoms. The Hall–Kier alpha value is -2.56. The summed E-state index contributed by atoms with van der Waals surface area (Å²) in [5.74, 6) is -0.539. The van der Waals surface area contributed by atoms with E-state index in [1.54, 1.807) is 4.72 Å². The van der Waals surface area contributed by atoms with E-state index in [0.717, 1.165) is 18.2 Å². The van der Waals surface area contributed by atoms with Gasteiger partial charge in [0, 0.05) is 12.1 Å². The molecule has 0 aliphatic carbocycles. The summed E-state index contributed by atoms with van der Waals surface area (Å²) in [6, 6.07) is 2.75. The average molecular weight is 319 g/mol. The molecule has 11 heteroatoms. The SMILES string of the molecule is CC(C)OC(=O)NS(=O)(=O)Nc1cc([N+](=O)[O-])ccc1O. The van der Waals surface area contributed by atoms with Gasteiger partial charge in [-0.2, -0.15) is 8.42 Å². The second-order valence-corrected chi connectivity index (χ2v) is 5.54. The number of anilines is 1. The topological polar surface area (TPSA) is 148 Å². The van der Waals surface area contributed by atoms with Gasteiger partial charge in [0.05, 0.1) is 16.7 Å². The van der Waals surface area contributed by atoms with E-state index in [9.17, 15) is 28.4 Å². The van der Waals surface area contributed by atoms with Crippen molar-refractivity contribution in [1.82, 2.24) is 4.72 Å². The number of hydrogen-bond acceptors (Lipinski definition) is 7. The molecule has 0 saturated heterocycles. The smallest absolute Gasteiger partial charge is 0.422 e. The van der Waals surface area contributed by atoms with Gasteiger partial charge in [-0.1, -0.05) is 0 Å². The quantitative estimate of drug-likeness (QED) is 0.418. The third kappa shape index (κ3) is 5.14. The van der Waals surface area contributed by atoms with Gasteiger partial charge in [0.2, 0.25) is 0 Å². The molecule has 21 heavy (non-hydrogen) atoms. The first-order chi connectivity index (χ1) is 9.60. The van der Waals surface area contributed by atoms with Crippen LogP contribution in [-0.2, 0) is 14.9 Å². The van der Waals surface area contributed by atoms with E-state index >= 15 is 0 Å². The number of phenolic OH excluding ortho intramolecular Hbond substituents is 1. The van der Waals surface area contributed by atoms with E-state index in [1.807, 2.05) is 0 Å². The van der Waals surface area contributed by atoms with Crippen LogP contribution < -0.4 is 9.44 Å². The first-order valence-corrected chi connectivity index (χ1v) is 7.07. The third-order valence-corrected chi connectivity index (χ3v) is 2.92. The monoisotopic (exact) mass is 319 g/mol. The van der Waals surface area contributed by atoms with Crippen LogP contribution in [0.5, 0.6) is 5.75 Å². The molecule has 1 aromatic rings. The Morgan fingerprint density at radius 1 is 1.43 bits per heavy atom. The Kier molecular flexibility index (Phi) is 4.92. The molecule has 0 aromatic heterocycles. The van der Waals surface area contributed by atoms with Crippen LogP contribution in [0.4, 0.5) is 16.2 Å². The van der Waals surface area contributed by atoms with Crippen molar-refractivity contribution in [2.24, 2.45) is 0 Å². The fraction of sp³-hybridized carbons (Fsp3) is 0.300. The van der Waals surface area contributed by atoms with Gasteiger partial charge in [-0.05, 0) is 19.9 Å². The molecule has 0 aliphatic heterocycles. The van der Waals surface area contributed by atoms with Crippen molar-refractivity contribution in [3.05, 3.63) is 28.3 Å². The molecule has 0 unspecified atom stereocenters. The van der Waals surface area contributed by atoms with Crippen LogP contribution >= 0.6 is 0 Å². The van der Waals surface area contributed by atoms with E-state index in [2.05, 4.69) is 4.74 Å². The number of nitro benzene ring substituents is 1. The lowest BCUT2D eigenvalue weighted by atomic mass is 10.2. The zero-order chi connectivity index (χ0) is 16.2. The van der Waals surface area contributed by atoms with Crippen LogP contribution in [0.3, 0.4) is 0 Å². The molecule has 0 aliphatic rings. The number of nitrogens with zero attached hydrogens (tertiary/aromatic N) is 1. The predicted octanol–water partition coefficient (Wildman–Crippen LogP) is 1.09. The summed E-state index contributed by atoms with van der Waals surface area (Å²) in [7, 11) is -4.40. The minimum atomic E-state index is -4.40. The van der Waals surface area contributed by atoms with Gasteiger partial charge in [0.1, 0.15) is 5.75 Å². The number of carbonyl (C=O) groups excluding carboxylic acids is 1. The summed E-state index contributed by atoms with van der Waals surface area (Å²) in [6.45, 7) is 3.04. The molecule has 1 amide bonds. The Balaban J connectivity index is 2.91. The molecular formula is C10H13N3O7S. The largest absolute Gasteiger partial charge is 0.506 e. The normalized spacial score (nSPS) is 11.0. The van der Waals surface area contributed by atoms with Crippen molar-refractivity contribution >= 4 is 27.7 Å². The number of non-ortho nitro benzene ring substituents is 1. The van der Waals surface area contributed by atoms with Crippen LogP contribution in [0, 0.1) is 10.1 Å². The number of nitrogens with one attached hydrogen (secondary N) is 2. The Bertz CT molecular complexity index is 657. The number of amides is 1. The molecule has 0 fully saturated rings. The Labute approximate surface area is 120 Å². The Morgan fingerprint density at radius 2 is 2.05 bits per heavy atom. The fourth-order valence-electron chi connectivity index (χ4n) is 1.24. The van der Waals surface area contributed by atoms with Crippen LogP contribution in [-0.4, -0.2) is 30.6 Å². The molecule has 116 valence electrons. The van der Waals surface area contributed by atoms with Crippen molar-refractivity contribution < 1.29 is 28.0 Å². The summed E-state index contributed by atoms with van der Waals surface area (Å²) >= 11 is 0. The second kappa shape index (κ2) is 6.26. The molecule has 0 saturated carbocycles. The molecule has 10 nitrogen and oxygen atoms in total. The number of carbonyl (C=O) groups is 1. The van der Waals surface area contributed by atoms with Gasteiger partial charge in [-0.25, -0.2) is 9.52 Å². The van der Waals surface area contributed by atoms with Crippen LogP contribution in [0.25, 0.3) is 0 Å². The first kappa shape index (κ1) is 16.5. The molecule has 0 heterocycles. The minimum Gasteiger partial charge on any atom is -0.506 e. The van der Waals surface area contributed by atoms with Crippen LogP contribution in [0.2, 0.25) is 0 Å². The molecule has 3 N–H and O–H groups in total. The number of ether oxygens (including phenoxy) is 1. The Morgan fingerprint density at radius 3 is 2.57 bits per heavy atom. The highest BCUT2D eigenvalue weighted by atomic mass is 32.2. The van der Waals surface area contributed by atoms with Gasteiger partial charge in [0.15, 0.2) is 0 Å². The van der Waals surface area contributed by atoms with E-state index in [0.29, 0.717) is 0 Å². The molecule has 1 rings (SSSR count). The van der Waals surface area contributed by atoms with Crippen molar-refractivity contribution in [1.29, 1.82) is 0 Å². The lowest BCUT2D eigenvalue weighted by molar-refractivity contribution is -0.384. The van der Waals surface area contributed by atoms with Crippen LogP contribution in [0.15, 0.2) is 18.2 Å². The molecule has 1 aromatic carbocycles. The molecule has 0 spiro atoms. The molecule has 0 radical (unpaired) electrons. The number of phenols is 1. The first-order valence-electron chi connectivity index (χ1n) is 5.59. The lowest BCUT2D eigenvalue weighted by Gasteiger charge is -2.12. The van der Waals surface area contributed by atoms with Crippen molar-refractivity contribution in [3.8, 4) is 5.75 Å². The fourth-order valence-corrected chi connectivity index (χ4v) is 2.01. The number of benzene rings is 1. The van der Waals surface area contributed by atoms with Crippen LogP contribution in [0.1, 0.15) is 13.8 Å². The van der Waals surface area contributed by atoms with Crippen molar-refractivity contribution in [2.45, 2.75) is 20.0 Å². The van der Waals surface area contributed by atoms with Crippen molar-refractivity contribution in [3.63, 3.8) is 0 Å². The standard InChI is InChI=1S/C10H13N3O7S/c1-6(2)20-10(15)12-21(18,19)11-8-5-7(13(16)17)3-4-9(8)14/h3-6,11,14H,1-2H3,(H,12,15). The number of hydrogen-bond donors (Lipinski definition) is 3.